The predicted molar refractivity (Wildman–Crippen MR) is 54.7 cm³/mol. The van der Waals surface area contributed by atoms with Gasteiger partial charge in [0.2, 0.25) is 0 Å². The summed E-state index contributed by atoms with van der Waals surface area (Å²) in [6, 6.07) is 1.52. The van der Waals surface area contributed by atoms with Crippen molar-refractivity contribution in [1.29, 1.82) is 0 Å². The Morgan fingerprint density at radius 3 is 2.80 bits per heavy atom. The molecule has 0 spiro atoms. The maximum Gasteiger partial charge on any atom is 0.358 e. The van der Waals surface area contributed by atoms with Gasteiger partial charge < -0.3 is 9.84 Å². The molecular weight excluding hydrogens is 218 g/mol. The lowest BCUT2D eigenvalue weighted by Crippen LogP contribution is -2.06. The number of rotatable bonds is 3. The van der Waals surface area contributed by atoms with E-state index in [2.05, 4.69) is 4.98 Å². The molecule has 1 aromatic heterocycles. The van der Waals surface area contributed by atoms with Gasteiger partial charge in [0.1, 0.15) is 0 Å². The van der Waals surface area contributed by atoms with E-state index in [1.54, 1.807) is 0 Å². The van der Waals surface area contributed by atoms with Gasteiger partial charge in [-0.2, -0.15) is 0 Å². The highest BCUT2D eigenvalue weighted by molar-refractivity contribution is 6.31. The lowest BCUT2D eigenvalue weighted by Gasteiger charge is -2.08. The summed E-state index contributed by atoms with van der Waals surface area (Å²) >= 11 is 5.98. The van der Waals surface area contributed by atoms with E-state index in [-0.39, 0.29) is 11.4 Å². The number of aromatic carboxylic acids is 1. The van der Waals surface area contributed by atoms with Crippen molar-refractivity contribution in [3.63, 3.8) is 0 Å². The summed E-state index contributed by atoms with van der Waals surface area (Å²) in [4.78, 5) is 14.9. The summed E-state index contributed by atoms with van der Waals surface area (Å²) in [6.45, 7) is 0. The fourth-order valence-corrected chi connectivity index (χ4v) is 1.73. The monoisotopic (exact) mass is 227 g/mol. The minimum absolute atomic E-state index is 0.0659. The number of hydrogen-bond donors (Lipinski definition) is 1. The van der Waals surface area contributed by atoms with Crippen LogP contribution in [-0.4, -0.2) is 23.2 Å². The molecule has 0 saturated heterocycles. The molecule has 4 nitrogen and oxygen atoms in total. The molecule has 1 heterocycles. The number of nitrogens with zero attached hydrogens (tertiary/aromatic N) is 1. The van der Waals surface area contributed by atoms with Crippen LogP contribution in [0, 0.1) is 0 Å². The second-order valence-corrected chi connectivity index (χ2v) is 3.89. The summed E-state index contributed by atoms with van der Waals surface area (Å²) in [5.41, 5.74) is 0.610. The Labute approximate surface area is 91.8 Å². The van der Waals surface area contributed by atoms with Gasteiger partial charge in [0, 0.05) is 12.0 Å². The number of halogens is 1. The third kappa shape index (κ3) is 1.90. The van der Waals surface area contributed by atoms with Crippen molar-refractivity contribution in [3.05, 3.63) is 22.5 Å². The summed E-state index contributed by atoms with van der Waals surface area (Å²) in [5, 5.41) is 9.41. The van der Waals surface area contributed by atoms with Gasteiger partial charge in [-0.1, -0.05) is 11.6 Å². The summed E-state index contributed by atoms with van der Waals surface area (Å²) < 4.78 is 4.91. The SMILES string of the molecule is COc1cc(Cl)c(C2CC2)nc1C(=O)O. The van der Waals surface area contributed by atoms with Crippen molar-refractivity contribution in [2.24, 2.45) is 0 Å². The van der Waals surface area contributed by atoms with Crippen LogP contribution >= 0.6 is 11.6 Å². The maximum absolute atomic E-state index is 10.9. The first kappa shape index (κ1) is 10.2. The number of methoxy groups -OCH3 is 1. The largest absolute Gasteiger partial charge is 0.494 e. The van der Waals surface area contributed by atoms with E-state index in [0.29, 0.717) is 16.6 Å². The minimum Gasteiger partial charge on any atom is -0.494 e. The van der Waals surface area contributed by atoms with E-state index < -0.39 is 5.97 Å². The Kier molecular flexibility index (Phi) is 2.52. The van der Waals surface area contributed by atoms with Crippen LogP contribution in [0.3, 0.4) is 0 Å². The summed E-state index contributed by atoms with van der Waals surface area (Å²) in [6.07, 6.45) is 2.05. The molecule has 15 heavy (non-hydrogen) atoms. The number of hydrogen-bond acceptors (Lipinski definition) is 3. The summed E-state index contributed by atoms with van der Waals surface area (Å²) in [7, 11) is 1.40. The van der Waals surface area contributed by atoms with E-state index in [1.807, 2.05) is 0 Å². The van der Waals surface area contributed by atoms with Crippen LogP contribution in [0.15, 0.2) is 6.07 Å². The Bertz CT molecular complexity index is 415. The fourth-order valence-electron chi connectivity index (χ4n) is 1.44. The second kappa shape index (κ2) is 3.70. The van der Waals surface area contributed by atoms with Crippen LogP contribution in [0.1, 0.15) is 34.9 Å². The molecule has 0 amide bonds. The first-order valence-electron chi connectivity index (χ1n) is 4.61. The predicted octanol–water partition coefficient (Wildman–Crippen LogP) is 2.32. The molecule has 0 radical (unpaired) electrons. The highest BCUT2D eigenvalue weighted by atomic mass is 35.5. The van der Waals surface area contributed by atoms with Gasteiger partial charge in [0.05, 0.1) is 17.8 Å². The number of carboxylic acids is 1. The van der Waals surface area contributed by atoms with Crippen molar-refractivity contribution in [2.45, 2.75) is 18.8 Å². The van der Waals surface area contributed by atoms with E-state index in [1.165, 1.54) is 13.2 Å². The standard InChI is InChI=1S/C10H10ClNO3/c1-15-7-4-6(11)8(5-2-3-5)12-9(7)10(13)14/h4-5H,2-3H2,1H3,(H,13,14). The van der Waals surface area contributed by atoms with Gasteiger partial charge in [0.15, 0.2) is 11.4 Å². The van der Waals surface area contributed by atoms with Crippen LogP contribution in [0.5, 0.6) is 5.75 Å². The Balaban J connectivity index is 2.51. The lowest BCUT2D eigenvalue weighted by molar-refractivity contribution is 0.0686. The molecule has 1 aliphatic carbocycles. The number of aromatic nitrogens is 1. The quantitative estimate of drug-likeness (QED) is 0.861. The maximum atomic E-state index is 10.9. The van der Waals surface area contributed by atoms with Crippen molar-refractivity contribution in [2.75, 3.05) is 7.11 Å². The van der Waals surface area contributed by atoms with E-state index in [9.17, 15) is 4.79 Å². The molecule has 1 aromatic rings. The number of ether oxygens (including phenoxy) is 1. The third-order valence-electron chi connectivity index (χ3n) is 2.35. The van der Waals surface area contributed by atoms with E-state index in [0.717, 1.165) is 12.8 Å². The smallest absolute Gasteiger partial charge is 0.358 e. The van der Waals surface area contributed by atoms with Gasteiger partial charge in [-0.25, -0.2) is 9.78 Å². The molecule has 0 aliphatic heterocycles. The topological polar surface area (TPSA) is 59.4 Å². The normalized spacial score (nSPS) is 15.1. The van der Waals surface area contributed by atoms with Crippen molar-refractivity contribution in [1.82, 2.24) is 4.98 Å². The molecule has 1 N–H and O–H groups in total. The number of carbonyl (C=O) groups is 1. The Morgan fingerprint density at radius 2 is 2.33 bits per heavy atom. The third-order valence-corrected chi connectivity index (χ3v) is 2.66. The van der Waals surface area contributed by atoms with Crippen LogP contribution in [0.2, 0.25) is 5.02 Å². The Hall–Kier alpha value is -1.29. The second-order valence-electron chi connectivity index (χ2n) is 3.49. The molecule has 1 fully saturated rings. The van der Waals surface area contributed by atoms with Gasteiger partial charge >= 0.3 is 5.97 Å². The first-order chi connectivity index (χ1) is 7.13. The van der Waals surface area contributed by atoms with Crippen LogP contribution in [0.4, 0.5) is 0 Å². The molecule has 80 valence electrons. The summed E-state index contributed by atoms with van der Waals surface area (Å²) in [5.74, 6) is -0.566. The average Bonchev–Trinajstić information content (AvgIpc) is 3.00. The van der Waals surface area contributed by atoms with Gasteiger partial charge in [-0.05, 0) is 12.8 Å². The van der Waals surface area contributed by atoms with Crippen molar-refractivity contribution >= 4 is 17.6 Å². The average molecular weight is 228 g/mol. The molecule has 0 bridgehead atoms. The fraction of sp³-hybridized carbons (Fsp3) is 0.400. The van der Waals surface area contributed by atoms with Gasteiger partial charge in [0.25, 0.3) is 0 Å². The molecule has 1 aliphatic rings. The van der Waals surface area contributed by atoms with Gasteiger partial charge in [-0.15, -0.1) is 0 Å². The zero-order valence-electron chi connectivity index (χ0n) is 8.16. The molecule has 2 rings (SSSR count). The zero-order valence-corrected chi connectivity index (χ0v) is 8.91. The van der Waals surface area contributed by atoms with Gasteiger partial charge in [-0.3, -0.25) is 0 Å². The van der Waals surface area contributed by atoms with Crippen molar-refractivity contribution < 1.29 is 14.6 Å². The molecule has 5 heteroatoms. The van der Waals surface area contributed by atoms with E-state index >= 15 is 0 Å². The number of pyridine rings is 1. The van der Waals surface area contributed by atoms with E-state index in [4.69, 9.17) is 21.4 Å². The molecule has 1 saturated carbocycles. The highest BCUT2D eigenvalue weighted by Crippen LogP contribution is 2.43. The minimum atomic E-state index is -1.09. The Morgan fingerprint density at radius 1 is 1.67 bits per heavy atom. The zero-order chi connectivity index (χ0) is 11.0. The first-order valence-corrected chi connectivity index (χ1v) is 4.99. The van der Waals surface area contributed by atoms with Crippen LogP contribution in [0.25, 0.3) is 0 Å². The lowest BCUT2D eigenvalue weighted by atomic mass is 10.2. The molecule has 0 unspecified atom stereocenters. The molecule has 0 aromatic carbocycles. The highest BCUT2D eigenvalue weighted by Gasteiger charge is 2.29. The number of carboxylic acid groups (broad SMARTS) is 1. The van der Waals surface area contributed by atoms with Crippen molar-refractivity contribution in [3.8, 4) is 5.75 Å². The molecule has 0 atom stereocenters. The molecular formula is C10H10ClNO3. The van der Waals surface area contributed by atoms with Crippen LogP contribution < -0.4 is 4.74 Å². The van der Waals surface area contributed by atoms with Crippen LogP contribution in [-0.2, 0) is 0 Å².